The Bertz CT molecular complexity index is 409. The second-order valence-corrected chi connectivity index (χ2v) is 5.41. The van der Waals surface area contributed by atoms with Crippen LogP contribution in [0.2, 0.25) is 0 Å². The highest BCUT2D eigenvalue weighted by molar-refractivity contribution is 9.10. The smallest absolute Gasteiger partial charge is 0.133 e. The first-order valence-electron chi connectivity index (χ1n) is 6.73. The zero-order valence-corrected chi connectivity index (χ0v) is 12.8. The molecule has 2 rings (SSSR count). The summed E-state index contributed by atoms with van der Waals surface area (Å²) < 4.78 is 6.41. The fourth-order valence-corrected chi connectivity index (χ4v) is 2.65. The second-order valence-electron chi connectivity index (χ2n) is 4.60. The molecule has 106 valence electrons. The van der Waals surface area contributed by atoms with Crippen LogP contribution in [0.4, 0.5) is 5.82 Å². The van der Waals surface area contributed by atoms with Crippen molar-refractivity contribution in [2.75, 3.05) is 31.2 Å². The van der Waals surface area contributed by atoms with Crippen LogP contribution in [0.5, 0.6) is 0 Å². The van der Waals surface area contributed by atoms with Crippen LogP contribution < -0.4 is 4.90 Å². The van der Waals surface area contributed by atoms with E-state index in [0.29, 0.717) is 6.61 Å². The van der Waals surface area contributed by atoms with E-state index in [2.05, 4.69) is 37.7 Å². The topological polar surface area (TPSA) is 58.5 Å². The van der Waals surface area contributed by atoms with E-state index >= 15 is 0 Å². The van der Waals surface area contributed by atoms with Gasteiger partial charge in [0.05, 0.1) is 19.3 Å². The first-order chi connectivity index (χ1) is 9.22. The van der Waals surface area contributed by atoms with Gasteiger partial charge in [0.15, 0.2) is 0 Å². The summed E-state index contributed by atoms with van der Waals surface area (Å²) in [5.41, 5.74) is 0. The van der Waals surface area contributed by atoms with Crippen molar-refractivity contribution in [3.8, 4) is 0 Å². The molecule has 0 atom stereocenters. The number of rotatable bonds is 5. The van der Waals surface area contributed by atoms with Gasteiger partial charge in [0.1, 0.15) is 16.2 Å². The minimum absolute atomic E-state index is 0.0962. The molecule has 5 nitrogen and oxygen atoms in total. The van der Waals surface area contributed by atoms with Gasteiger partial charge in [-0.3, -0.25) is 0 Å². The van der Waals surface area contributed by atoms with Crippen LogP contribution >= 0.6 is 15.9 Å². The zero-order valence-electron chi connectivity index (χ0n) is 11.2. The Kier molecular flexibility index (Phi) is 5.54. The van der Waals surface area contributed by atoms with Gasteiger partial charge in [-0.1, -0.05) is 6.92 Å². The molecule has 1 aliphatic rings. The molecular formula is C13H20BrN3O2. The molecule has 0 radical (unpaired) electrons. The van der Waals surface area contributed by atoms with Gasteiger partial charge in [-0.2, -0.15) is 0 Å². The summed E-state index contributed by atoms with van der Waals surface area (Å²) >= 11 is 3.44. The maximum atomic E-state index is 8.76. The average molecular weight is 330 g/mol. The summed E-state index contributed by atoms with van der Waals surface area (Å²) in [5, 5.41) is 8.76. The summed E-state index contributed by atoms with van der Waals surface area (Å²) in [7, 11) is 0. The lowest BCUT2D eigenvalue weighted by Crippen LogP contribution is -2.38. The van der Waals surface area contributed by atoms with Gasteiger partial charge < -0.3 is 14.7 Å². The Morgan fingerprint density at radius 3 is 2.79 bits per heavy atom. The third-order valence-electron chi connectivity index (χ3n) is 3.25. The third kappa shape index (κ3) is 4.12. The van der Waals surface area contributed by atoms with E-state index in [0.717, 1.165) is 48.6 Å². The van der Waals surface area contributed by atoms with Crippen molar-refractivity contribution < 1.29 is 9.84 Å². The number of hydrogen-bond acceptors (Lipinski definition) is 5. The summed E-state index contributed by atoms with van der Waals surface area (Å²) in [6.45, 7) is 4.45. The number of aliphatic hydroxyl groups excluding tert-OH is 1. The second kappa shape index (κ2) is 7.17. The summed E-state index contributed by atoms with van der Waals surface area (Å²) in [5.74, 6) is 1.85. The molecule has 1 saturated heterocycles. The number of halogens is 1. The van der Waals surface area contributed by atoms with E-state index in [1.807, 2.05) is 6.07 Å². The molecule has 0 aliphatic carbocycles. The van der Waals surface area contributed by atoms with E-state index in [9.17, 15) is 0 Å². The van der Waals surface area contributed by atoms with Gasteiger partial charge in [-0.05, 0) is 28.8 Å². The molecule has 0 aromatic carbocycles. The van der Waals surface area contributed by atoms with Crippen molar-refractivity contribution in [2.24, 2.45) is 0 Å². The maximum absolute atomic E-state index is 8.76. The van der Waals surface area contributed by atoms with Gasteiger partial charge in [0.25, 0.3) is 0 Å². The highest BCUT2D eigenvalue weighted by Crippen LogP contribution is 2.22. The first kappa shape index (κ1) is 14.7. The molecule has 1 aromatic heterocycles. The Morgan fingerprint density at radius 2 is 2.16 bits per heavy atom. The number of aliphatic hydroxyl groups is 1. The fourth-order valence-electron chi connectivity index (χ4n) is 2.24. The maximum Gasteiger partial charge on any atom is 0.133 e. The van der Waals surface area contributed by atoms with Gasteiger partial charge >= 0.3 is 0 Å². The minimum Gasteiger partial charge on any atom is -0.394 e. The van der Waals surface area contributed by atoms with Crippen molar-refractivity contribution in [2.45, 2.75) is 32.3 Å². The molecule has 0 saturated carbocycles. The Balaban J connectivity index is 1.95. The number of hydrogen-bond donors (Lipinski definition) is 1. The monoisotopic (exact) mass is 329 g/mol. The Labute approximate surface area is 122 Å². The molecule has 0 spiro atoms. The van der Waals surface area contributed by atoms with Crippen LogP contribution in [0.25, 0.3) is 0 Å². The van der Waals surface area contributed by atoms with Crippen LogP contribution in [0.3, 0.4) is 0 Å². The number of aryl methyl sites for hydroxylation is 1. The highest BCUT2D eigenvalue weighted by atomic mass is 79.9. The average Bonchev–Trinajstić information content (AvgIpc) is 2.45. The summed E-state index contributed by atoms with van der Waals surface area (Å²) in [6.07, 6.45) is 3.05. The zero-order chi connectivity index (χ0) is 13.7. The lowest BCUT2D eigenvalue weighted by Gasteiger charge is -2.32. The van der Waals surface area contributed by atoms with E-state index in [1.54, 1.807) is 0 Å². The molecule has 1 N–H and O–H groups in total. The molecule has 0 amide bonds. The molecular weight excluding hydrogens is 310 g/mol. The van der Waals surface area contributed by atoms with Crippen LogP contribution in [-0.4, -0.2) is 47.5 Å². The van der Waals surface area contributed by atoms with Gasteiger partial charge in [-0.15, -0.1) is 0 Å². The molecule has 0 bridgehead atoms. The lowest BCUT2D eigenvalue weighted by atomic mass is 10.1. The largest absolute Gasteiger partial charge is 0.394 e. The molecule has 6 heteroatoms. The van der Waals surface area contributed by atoms with Crippen LogP contribution in [-0.2, 0) is 11.2 Å². The molecule has 0 unspecified atom stereocenters. The van der Waals surface area contributed by atoms with E-state index in [4.69, 9.17) is 9.84 Å². The summed E-state index contributed by atoms with van der Waals surface area (Å²) in [6, 6.07) is 1.97. The molecule has 2 heterocycles. The van der Waals surface area contributed by atoms with Crippen molar-refractivity contribution >= 4 is 21.7 Å². The first-order valence-corrected chi connectivity index (χ1v) is 7.53. The SMILES string of the molecule is CCc1nc(Br)cc(N2CCC(OCCO)CC2)n1. The van der Waals surface area contributed by atoms with Crippen molar-refractivity contribution in [3.63, 3.8) is 0 Å². The normalized spacial score (nSPS) is 16.9. The third-order valence-corrected chi connectivity index (χ3v) is 3.66. The highest BCUT2D eigenvalue weighted by Gasteiger charge is 2.21. The molecule has 1 aliphatic heterocycles. The van der Waals surface area contributed by atoms with Crippen molar-refractivity contribution in [1.29, 1.82) is 0 Å². The number of piperidine rings is 1. The van der Waals surface area contributed by atoms with Crippen molar-refractivity contribution in [3.05, 3.63) is 16.5 Å². The van der Waals surface area contributed by atoms with Crippen LogP contribution in [0.15, 0.2) is 10.7 Å². The van der Waals surface area contributed by atoms with Gasteiger partial charge in [-0.25, -0.2) is 9.97 Å². The van der Waals surface area contributed by atoms with Crippen LogP contribution in [0, 0.1) is 0 Å². The van der Waals surface area contributed by atoms with Crippen LogP contribution in [0.1, 0.15) is 25.6 Å². The fraction of sp³-hybridized carbons (Fsp3) is 0.692. The minimum atomic E-state index is 0.0962. The van der Waals surface area contributed by atoms with E-state index in [-0.39, 0.29) is 12.7 Å². The predicted octanol–water partition coefficient (Wildman–Crippen LogP) is 1.78. The predicted molar refractivity (Wildman–Crippen MR) is 77.4 cm³/mol. The Hall–Kier alpha value is -0.720. The number of aromatic nitrogens is 2. The number of anilines is 1. The van der Waals surface area contributed by atoms with Gasteiger partial charge in [0.2, 0.25) is 0 Å². The summed E-state index contributed by atoms with van der Waals surface area (Å²) in [4.78, 5) is 11.2. The van der Waals surface area contributed by atoms with Gasteiger partial charge in [0, 0.05) is 25.6 Å². The standard InChI is InChI=1S/C13H20BrN3O2/c1-2-12-15-11(14)9-13(16-12)17-5-3-10(4-6-17)19-8-7-18/h9-10,18H,2-8H2,1H3. The number of ether oxygens (including phenoxy) is 1. The quantitative estimate of drug-likeness (QED) is 0.834. The molecule has 19 heavy (non-hydrogen) atoms. The van der Waals surface area contributed by atoms with E-state index < -0.39 is 0 Å². The molecule has 1 aromatic rings. The lowest BCUT2D eigenvalue weighted by molar-refractivity contribution is 0.0158. The van der Waals surface area contributed by atoms with E-state index in [1.165, 1.54) is 0 Å². The number of nitrogens with zero attached hydrogens (tertiary/aromatic N) is 3. The van der Waals surface area contributed by atoms with Crippen molar-refractivity contribution in [1.82, 2.24) is 9.97 Å². The molecule has 1 fully saturated rings. The Morgan fingerprint density at radius 1 is 1.42 bits per heavy atom.